The van der Waals surface area contributed by atoms with Crippen LogP contribution in [-0.4, -0.2) is 0 Å². The summed E-state index contributed by atoms with van der Waals surface area (Å²) in [6.07, 6.45) is 5.16. The van der Waals surface area contributed by atoms with Crippen molar-refractivity contribution in [2.24, 2.45) is 17.6 Å². The number of nitrogens with two attached hydrogens (primary N) is 1. The predicted molar refractivity (Wildman–Crippen MR) is 75.9 cm³/mol. The molecule has 0 amide bonds. The van der Waals surface area contributed by atoms with Crippen molar-refractivity contribution in [2.45, 2.75) is 53.0 Å². The Kier molecular flexibility index (Phi) is 6.28. The van der Waals surface area contributed by atoms with Crippen molar-refractivity contribution in [3.05, 3.63) is 35.4 Å². The summed E-state index contributed by atoms with van der Waals surface area (Å²) in [5, 5.41) is 0. The summed E-state index contributed by atoms with van der Waals surface area (Å²) in [4.78, 5) is 0. The maximum atomic E-state index is 5.67. The van der Waals surface area contributed by atoms with Crippen LogP contribution in [0.5, 0.6) is 0 Å². The monoisotopic (exact) mass is 233 g/mol. The highest BCUT2D eigenvalue weighted by atomic mass is 14.5. The molecule has 1 aromatic rings. The smallest absolute Gasteiger partial charge is 0.0178 e. The van der Waals surface area contributed by atoms with Crippen LogP contribution in [0.1, 0.15) is 51.2 Å². The minimum Gasteiger partial charge on any atom is -0.326 e. The van der Waals surface area contributed by atoms with E-state index < -0.39 is 0 Å². The number of hydrogen-bond donors (Lipinski definition) is 1. The average molecular weight is 233 g/mol. The summed E-state index contributed by atoms with van der Waals surface area (Å²) in [7, 11) is 0. The highest BCUT2D eigenvalue weighted by molar-refractivity contribution is 5.23. The van der Waals surface area contributed by atoms with E-state index in [0.717, 1.165) is 11.8 Å². The Morgan fingerprint density at radius 1 is 1.18 bits per heavy atom. The van der Waals surface area contributed by atoms with Crippen LogP contribution in [0.25, 0.3) is 0 Å². The van der Waals surface area contributed by atoms with E-state index >= 15 is 0 Å². The number of aryl methyl sites for hydroxylation is 1. The van der Waals surface area contributed by atoms with Gasteiger partial charge in [-0.3, -0.25) is 0 Å². The molecule has 0 aliphatic rings. The zero-order valence-corrected chi connectivity index (χ0v) is 11.6. The van der Waals surface area contributed by atoms with Crippen LogP contribution in [-0.2, 0) is 13.0 Å². The van der Waals surface area contributed by atoms with Crippen LogP contribution in [0, 0.1) is 11.8 Å². The molecule has 0 fully saturated rings. The Hall–Kier alpha value is -0.820. The first-order chi connectivity index (χ1) is 8.15. The molecule has 0 aliphatic heterocycles. The Balaban J connectivity index is 2.47. The van der Waals surface area contributed by atoms with E-state index in [0.29, 0.717) is 6.54 Å². The van der Waals surface area contributed by atoms with Gasteiger partial charge in [0.1, 0.15) is 0 Å². The topological polar surface area (TPSA) is 26.0 Å². The van der Waals surface area contributed by atoms with Crippen LogP contribution in [0.4, 0.5) is 0 Å². The van der Waals surface area contributed by atoms with Gasteiger partial charge in [-0.1, -0.05) is 51.5 Å². The third-order valence-electron chi connectivity index (χ3n) is 3.45. The fourth-order valence-corrected chi connectivity index (χ4v) is 2.44. The second kappa shape index (κ2) is 7.50. The molecule has 0 bridgehead atoms. The van der Waals surface area contributed by atoms with Crippen LogP contribution in [0.3, 0.4) is 0 Å². The second-order valence-electron chi connectivity index (χ2n) is 5.47. The summed E-state index contributed by atoms with van der Waals surface area (Å²) >= 11 is 0. The van der Waals surface area contributed by atoms with Crippen LogP contribution >= 0.6 is 0 Å². The summed E-state index contributed by atoms with van der Waals surface area (Å²) in [6.45, 7) is 7.59. The van der Waals surface area contributed by atoms with Gasteiger partial charge in [-0.2, -0.15) is 0 Å². The summed E-state index contributed by atoms with van der Waals surface area (Å²) in [5.74, 6) is 1.69. The summed E-state index contributed by atoms with van der Waals surface area (Å²) in [6, 6.07) is 8.71. The maximum Gasteiger partial charge on any atom is 0.0178 e. The lowest BCUT2D eigenvalue weighted by Gasteiger charge is -2.17. The summed E-state index contributed by atoms with van der Waals surface area (Å²) < 4.78 is 0. The maximum absolute atomic E-state index is 5.67. The lowest BCUT2D eigenvalue weighted by molar-refractivity contribution is 0.376. The summed E-state index contributed by atoms with van der Waals surface area (Å²) in [5.41, 5.74) is 8.36. The molecule has 0 aliphatic carbocycles. The highest BCUT2D eigenvalue weighted by Gasteiger charge is 2.08. The lowest BCUT2D eigenvalue weighted by atomic mass is 9.89. The molecule has 1 aromatic carbocycles. The Morgan fingerprint density at radius 3 is 2.47 bits per heavy atom. The predicted octanol–water partition coefficient (Wildman–Crippen LogP) is 4.15. The molecule has 1 rings (SSSR count). The van der Waals surface area contributed by atoms with Gasteiger partial charge in [0.05, 0.1) is 0 Å². The third kappa shape index (κ3) is 5.36. The molecule has 0 saturated carbocycles. The Bertz CT molecular complexity index is 317. The number of benzene rings is 1. The van der Waals surface area contributed by atoms with Crippen molar-refractivity contribution in [3.8, 4) is 0 Å². The van der Waals surface area contributed by atoms with Gasteiger partial charge in [0.2, 0.25) is 0 Å². The standard InChI is InChI=1S/C16H27N/c1-4-14(10-13(2)3)8-9-15-6-5-7-16(11-15)12-17/h5-7,11,13-14H,4,8-10,12,17H2,1-3H3. The van der Waals surface area contributed by atoms with Crippen molar-refractivity contribution in [2.75, 3.05) is 0 Å². The van der Waals surface area contributed by atoms with Gasteiger partial charge in [0.15, 0.2) is 0 Å². The largest absolute Gasteiger partial charge is 0.326 e. The van der Waals surface area contributed by atoms with Crippen molar-refractivity contribution < 1.29 is 0 Å². The van der Waals surface area contributed by atoms with Crippen molar-refractivity contribution in [1.29, 1.82) is 0 Å². The lowest BCUT2D eigenvalue weighted by Crippen LogP contribution is -2.05. The first-order valence-electron chi connectivity index (χ1n) is 6.93. The van der Waals surface area contributed by atoms with Crippen molar-refractivity contribution in [1.82, 2.24) is 0 Å². The molecule has 0 saturated heterocycles. The Labute approximate surface area is 106 Å². The molecular formula is C16H27N. The molecule has 2 N–H and O–H groups in total. The molecule has 17 heavy (non-hydrogen) atoms. The van der Waals surface area contributed by atoms with Gasteiger partial charge in [0.25, 0.3) is 0 Å². The van der Waals surface area contributed by atoms with Gasteiger partial charge in [-0.25, -0.2) is 0 Å². The molecule has 1 nitrogen and oxygen atoms in total. The molecule has 0 aromatic heterocycles. The first-order valence-corrected chi connectivity index (χ1v) is 6.93. The highest BCUT2D eigenvalue weighted by Crippen LogP contribution is 2.21. The van der Waals surface area contributed by atoms with Gasteiger partial charge >= 0.3 is 0 Å². The van der Waals surface area contributed by atoms with E-state index in [1.165, 1.54) is 36.8 Å². The van der Waals surface area contributed by atoms with E-state index in [2.05, 4.69) is 45.0 Å². The molecule has 0 heterocycles. The molecule has 0 radical (unpaired) electrons. The van der Waals surface area contributed by atoms with Crippen molar-refractivity contribution >= 4 is 0 Å². The van der Waals surface area contributed by atoms with E-state index in [9.17, 15) is 0 Å². The van der Waals surface area contributed by atoms with E-state index in [4.69, 9.17) is 5.73 Å². The molecule has 1 unspecified atom stereocenters. The zero-order chi connectivity index (χ0) is 12.7. The normalized spacial score (nSPS) is 13.0. The van der Waals surface area contributed by atoms with Crippen molar-refractivity contribution in [3.63, 3.8) is 0 Å². The van der Waals surface area contributed by atoms with Gasteiger partial charge in [0, 0.05) is 6.54 Å². The molecular weight excluding hydrogens is 206 g/mol. The van der Waals surface area contributed by atoms with Gasteiger partial charge in [-0.05, 0) is 42.2 Å². The first kappa shape index (κ1) is 14.2. The average Bonchev–Trinajstić information content (AvgIpc) is 2.34. The van der Waals surface area contributed by atoms with Gasteiger partial charge in [-0.15, -0.1) is 0 Å². The van der Waals surface area contributed by atoms with Crippen LogP contribution in [0.15, 0.2) is 24.3 Å². The fraction of sp³-hybridized carbons (Fsp3) is 0.625. The second-order valence-corrected chi connectivity index (χ2v) is 5.47. The Morgan fingerprint density at radius 2 is 1.88 bits per heavy atom. The third-order valence-corrected chi connectivity index (χ3v) is 3.45. The van der Waals surface area contributed by atoms with E-state index in [1.54, 1.807) is 0 Å². The molecule has 1 atom stereocenters. The minimum absolute atomic E-state index is 0.650. The molecule has 96 valence electrons. The van der Waals surface area contributed by atoms with Crippen LogP contribution in [0.2, 0.25) is 0 Å². The number of hydrogen-bond acceptors (Lipinski definition) is 1. The number of rotatable bonds is 7. The fourth-order valence-electron chi connectivity index (χ4n) is 2.44. The van der Waals surface area contributed by atoms with E-state index in [-0.39, 0.29) is 0 Å². The zero-order valence-electron chi connectivity index (χ0n) is 11.6. The molecule has 1 heteroatoms. The van der Waals surface area contributed by atoms with E-state index in [1.807, 2.05) is 0 Å². The van der Waals surface area contributed by atoms with Gasteiger partial charge < -0.3 is 5.73 Å². The SMILES string of the molecule is CCC(CCc1cccc(CN)c1)CC(C)C. The minimum atomic E-state index is 0.650. The molecule has 0 spiro atoms. The quantitative estimate of drug-likeness (QED) is 0.752. The van der Waals surface area contributed by atoms with Crippen LogP contribution < -0.4 is 5.73 Å².